The molecule has 26 heavy (non-hydrogen) atoms. The van der Waals surface area contributed by atoms with Crippen LogP contribution in [0.4, 0.5) is 5.13 Å². The van der Waals surface area contributed by atoms with Crippen LogP contribution in [0.1, 0.15) is 24.1 Å². The number of thiazole rings is 1. The summed E-state index contributed by atoms with van der Waals surface area (Å²) in [6, 6.07) is 7.56. The van der Waals surface area contributed by atoms with Crippen molar-refractivity contribution in [1.29, 1.82) is 0 Å². The van der Waals surface area contributed by atoms with Crippen molar-refractivity contribution in [3.05, 3.63) is 46.8 Å². The lowest BCUT2D eigenvalue weighted by Crippen LogP contribution is -2.07. The van der Waals surface area contributed by atoms with Crippen molar-refractivity contribution in [3.63, 3.8) is 0 Å². The summed E-state index contributed by atoms with van der Waals surface area (Å²) in [4.78, 5) is 15.7. The third-order valence-electron chi connectivity index (χ3n) is 3.24. The van der Waals surface area contributed by atoms with Crippen molar-refractivity contribution in [3.8, 4) is 11.5 Å². The predicted octanol–water partition coefficient (Wildman–Crippen LogP) is 3.05. The minimum Gasteiger partial charge on any atom is -0.466 e. The van der Waals surface area contributed by atoms with Crippen LogP contribution in [0, 0.1) is 6.92 Å². The van der Waals surface area contributed by atoms with Crippen molar-refractivity contribution < 1.29 is 13.9 Å². The Hall–Kier alpha value is -3.07. The Kier molecular flexibility index (Phi) is 5.69. The van der Waals surface area contributed by atoms with E-state index in [9.17, 15) is 4.79 Å². The maximum Gasteiger partial charge on any atom is 0.311 e. The van der Waals surface area contributed by atoms with Crippen LogP contribution in [0.2, 0.25) is 0 Å². The van der Waals surface area contributed by atoms with Crippen molar-refractivity contribution in [2.24, 2.45) is 5.10 Å². The number of anilines is 1. The summed E-state index contributed by atoms with van der Waals surface area (Å²) in [6.07, 6.45) is 1.83. The first-order chi connectivity index (χ1) is 12.6. The fourth-order valence-electron chi connectivity index (χ4n) is 2.09. The molecule has 0 aliphatic rings. The van der Waals surface area contributed by atoms with Crippen LogP contribution in [0.3, 0.4) is 0 Å². The molecule has 0 aliphatic carbocycles. The highest BCUT2D eigenvalue weighted by atomic mass is 32.1. The number of nitrogens with one attached hydrogen (secondary N) is 1. The Bertz CT molecular complexity index is 901. The number of rotatable bonds is 7. The molecule has 2 aromatic heterocycles. The number of hydrogen-bond donors (Lipinski definition) is 1. The molecule has 0 amide bonds. The number of benzene rings is 1. The zero-order valence-electron chi connectivity index (χ0n) is 14.3. The molecule has 134 valence electrons. The molecule has 0 spiro atoms. The van der Waals surface area contributed by atoms with E-state index in [4.69, 9.17) is 9.15 Å². The highest BCUT2D eigenvalue weighted by Crippen LogP contribution is 2.18. The lowest BCUT2D eigenvalue weighted by molar-refractivity contribution is -0.142. The first-order valence-corrected chi connectivity index (χ1v) is 8.81. The van der Waals surface area contributed by atoms with Crippen LogP contribution in [-0.4, -0.2) is 34.0 Å². The topological polar surface area (TPSA) is 102 Å². The highest BCUT2D eigenvalue weighted by Gasteiger charge is 2.08. The normalized spacial score (nSPS) is 11.0. The molecular formula is C17H17N5O3S. The molecule has 0 unspecified atom stereocenters. The number of aryl methyl sites for hydroxylation is 1. The molecule has 0 saturated carbocycles. The molecule has 2 heterocycles. The smallest absolute Gasteiger partial charge is 0.311 e. The molecule has 0 bridgehead atoms. The van der Waals surface area contributed by atoms with Gasteiger partial charge in [0, 0.05) is 17.9 Å². The van der Waals surface area contributed by atoms with E-state index in [0.717, 1.165) is 11.1 Å². The molecule has 0 fully saturated rings. The van der Waals surface area contributed by atoms with Crippen LogP contribution >= 0.6 is 11.3 Å². The predicted molar refractivity (Wildman–Crippen MR) is 98.1 cm³/mol. The molecule has 9 heteroatoms. The van der Waals surface area contributed by atoms with Gasteiger partial charge in [0.25, 0.3) is 0 Å². The summed E-state index contributed by atoms with van der Waals surface area (Å²) in [6.45, 7) is 3.89. The van der Waals surface area contributed by atoms with Gasteiger partial charge in [-0.05, 0) is 24.6 Å². The molecule has 0 aliphatic heterocycles. The largest absolute Gasteiger partial charge is 0.466 e. The van der Waals surface area contributed by atoms with E-state index in [1.165, 1.54) is 11.3 Å². The third kappa shape index (κ3) is 4.73. The van der Waals surface area contributed by atoms with Gasteiger partial charge < -0.3 is 9.15 Å². The number of aromatic nitrogens is 3. The highest BCUT2D eigenvalue weighted by molar-refractivity contribution is 7.13. The second-order valence-corrected chi connectivity index (χ2v) is 6.10. The maximum absolute atomic E-state index is 11.4. The van der Waals surface area contributed by atoms with E-state index in [1.807, 2.05) is 24.3 Å². The van der Waals surface area contributed by atoms with E-state index < -0.39 is 0 Å². The zero-order chi connectivity index (χ0) is 18.4. The summed E-state index contributed by atoms with van der Waals surface area (Å²) >= 11 is 1.38. The molecule has 1 N–H and O–H groups in total. The molecule has 0 atom stereocenters. The molecule has 0 radical (unpaired) electrons. The number of carbonyl (C=O) groups excluding carboxylic acids is 1. The van der Waals surface area contributed by atoms with Crippen LogP contribution in [-0.2, 0) is 16.0 Å². The van der Waals surface area contributed by atoms with Crippen LogP contribution in [0.5, 0.6) is 0 Å². The number of hydrogen-bond acceptors (Lipinski definition) is 9. The second-order valence-electron chi connectivity index (χ2n) is 5.24. The quantitative estimate of drug-likeness (QED) is 0.387. The third-order valence-corrected chi connectivity index (χ3v) is 4.04. The van der Waals surface area contributed by atoms with Gasteiger partial charge in [0.05, 0.1) is 24.9 Å². The average molecular weight is 371 g/mol. The Morgan fingerprint density at radius 1 is 1.35 bits per heavy atom. The number of ether oxygens (including phenoxy) is 1. The summed E-state index contributed by atoms with van der Waals surface area (Å²) in [7, 11) is 0. The summed E-state index contributed by atoms with van der Waals surface area (Å²) < 4.78 is 10.3. The molecule has 3 aromatic rings. The molecule has 0 saturated heterocycles. The lowest BCUT2D eigenvalue weighted by atomic mass is 10.1. The fraction of sp³-hybridized carbons (Fsp3) is 0.235. The van der Waals surface area contributed by atoms with Gasteiger partial charge in [-0.25, -0.2) is 4.98 Å². The monoisotopic (exact) mass is 371 g/mol. The van der Waals surface area contributed by atoms with Crippen LogP contribution in [0.25, 0.3) is 11.5 Å². The van der Waals surface area contributed by atoms with Gasteiger partial charge in [-0.3, -0.25) is 10.2 Å². The SMILES string of the molecule is CCOC(=O)Cc1csc(NN=Cc2ccc(-c3nnc(C)o3)cc2)n1. The summed E-state index contributed by atoms with van der Waals surface area (Å²) in [5.41, 5.74) is 5.26. The summed E-state index contributed by atoms with van der Waals surface area (Å²) in [5, 5.41) is 14.4. The van der Waals surface area contributed by atoms with Crippen molar-refractivity contribution in [1.82, 2.24) is 15.2 Å². The first kappa shape index (κ1) is 17.7. The van der Waals surface area contributed by atoms with Gasteiger partial charge in [0.2, 0.25) is 16.9 Å². The molecule has 8 nitrogen and oxygen atoms in total. The number of nitrogens with zero attached hydrogens (tertiary/aromatic N) is 4. The van der Waals surface area contributed by atoms with Crippen molar-refractivity contribution in [2.75, 3.05) is 12.0 Å². The van der Waals surface area contributed by atoms with E-state index in [2.05, 4.69) is 25.7 Å². The van der Waals surface area contributed by atoms with Gasteiger partial charge in [-0.15, -0.1) is 21.5 Å². The van der Waals surface area contributed by atoms with E-state index >= 15 is 0 Å². The van der Waals surface area contributed by atoms with Gasteiger partial charge >= 0.3 is 5.97 Å². The number of esters is 1. The number of hydrazone groups is 1. The Morgan fingerprint density at radius 2 is 2.15 bits per heavy atom. The van der Waals surface area contributed by atoms with E-state index in [1.54, 1.807) is 25.4 Å². The van der Waals surface area contributed by atoms with Gasteiger partial charge in [0.15, 0.2) is 0 Å². The minimum atomic E-state index is -0.288. The van der Waals surface area contributed by atoms with E-state index in [0.29, 0.717) is 29.2 Å². The Balaban J connectivity index is 1.55. The average Bonchev–Trinajstić information content (AvgIpc) is 3.25. The van der Waals surface area contributed by atoms with Crippen LogP contribution in [0.15, 0.2) is 39.2 Å². The zero-order valence-corrected chi connectivity index (χ0v) is 15.1. The van der Waals surface area contributed by atoms with Gasteiger partial charge in [-0.2, -0.15) is 5.10 Å². The van der Waals surface area contributed by atoms with Crippen molar-refractivity contribution >= 4 is 28.7 Å². The van der Waals surface area contributed by atoms with Crippen LogP contribution < -0.4 is 5.43 Å². The Labute approximate surface area is 153 Å². The molecule has 1 aromatic carbocycles. The maximum atomic E-state index is 11.4. The molecular weight excluding hydrogens is 354 g/mol. The first-order valence-electron chi connectivity index (χ1n) is 7.93. The van der Waals surface area contributed by atoms with Gasteiger partial charge in [0.1, 0.15) is 0 Å². The lowest BCUT2D eigenvalue weighted by Gasteiger charge is -1.98. The van der Waals surface area contributed by atoms with Crippen molar-refractivity contribution in [2.45, 2.75) is 20.3 Å². The standard InChI is InChI=1S/C17H17N5O3S/c1-3-24-15(23)8-14-10-26-17(19-14)22-18-9-12-4-6-13(7-5-12)16-21-20-11(2)25-16/h4-7,9-10H,3,8H2,1-2H3,(H,19,22). The Morgan fingerprint density at radius 3 is 2.85 bits per heavy atom. The molecule has 3 rings (SSSR count). The minimum absolute atomic E-state index is 0.159. The van der Waals surface area contributed by atoms with E-state index in [-0.39, 0.29) is 12.4 Å². The second kappa shape index (κ2) is 8.34. The number of carbonyl (C=O) groups is 1. The van der Waals surface area contributed by atoms with Gasteiger partial charge in [-0.1, -0.05) is 12.1 Å². The fourth-order valence-corrected chi connectivity index (χ4v) is 2.75. The summed E-state index contributed by atoms with van der Waals surface area (Å²) in [5.74, 6) is 0.728.